The van der Waals surface area contributed by atoms with E-state index in [4.69, 9.17) is 23.7 Å². The Morgan fingerprint density at radius 1 is 0.750 bits per heavy atom. The number of hydrogen-bond acceptors (Lipinski definition) is 9. The minimum atomic E-state index is -1.07. The van der Waals surface area contributed by atoms with Crippen LogP contribution in [0, 0.1) is 5.92 Å². The first-order valence-corrected chi connectivity index (χ1v) is 13.4. The van der Waals surface area contributed by atoms with E-state index in [-0.39, 0.29) is 23.9 Å². The Labute approximate surface area is 234 Å². The van der Waals surface area contributed by atoms with E-state index >= 15 is 0 Å². The Bertz CT molecular complexity index is 1250. The summed E-state index contributed by atoms with van der Waals surface area (Å²) in [6, 6.07) is 12.4. The molecule has 1 aliphatic carbocycles. The molecule has 3 aliphatic rings. The molecule has 2 bridgehead atoms. The molecule has 2 heterocycles. The number of ether oxygens (including phenoxy) is 5. The fourth-order valence-electron chi connectivity index (χ4n) is 5.40. The second kappa shape index (κ2) is 11.9. The van der Waals surface area contributed by atoms with Gasteiger partial charge in [0.15, 0.2) is 5.78 Å². The summed E-state index contributed by atoms with van der Waals surface area (Å²) in [5.41, 5.74) is -0.140. The van der Waals surface area contributed by atoms with Gasteiger partial charge in [-0.1, -0.05) is 12.1 Å². The van der Waals surface area contributed by atoms with Gasteiger partial charge in [0.2, 0.25) is 0 Å². The van der Waals surface area contributed by atoms with Gasteiger partial charge in [-0.2, -0.15) is 0 Å². The van der Waals surface area contributed by atoms with E-state index in [1.165, 1.54) is 31.2 Å². The van der Waals surface area contributed by atoms with Crippen molar-refractivity contribution in [2.75, 3.05) is 20.3 Å². The molecule has 214 valence electrons. The van der Waals surface area contributed by atoms with Crippen molar-refractivity contribution in [2.45, 2.75) is 70.4 Å². The summed E-state index contributed by atoms with van der Waals surface area (Å²) in [5.74, 6) is -1.69. The highest BCUT2D eigenvalue weighted by Gasteiger charge is 2.62. The molecule has 3 fully saturated rings. The molecule has 2 aromatic rings. The van der Waals surface area contributed by atoms with Crippen molar-refractivity contribution in [3.05, 3.63) is 70.8 Å². The maximum absolute atomic E-state index is 13.1. The van der Waals surface area contributed by atoms with Crippen LogP contribution < -0.4 is 0 Å². The maximum Gasteiger partial charge on any atom is 0.338 e. The number of esters is 3. The van der Waals surface area contributed by atoms with E-state index in [0.29, 0.717) is 42.6 Å². The van der Waals surface area contributed by atoms with Crippen LogP contribution in [0.4, 0.5) is 0 Å². The highest BCUT2D eigenvalue weighted by molar-refractivity contribution is 5.96. The molecule has 0 aromatic heterocycles. The first-order valence-electron chi connectivity index (χ1n) is 13.4. The van der Waals surface area contributed by atoms with Crippen molar-refractivity contribution < 1.29 is 42.9 Å². The fourth-order valence-corrected chi connectivity index (χ4v) is 5.40. The number of fused-ring (bicyclic) bond motifs is 3. The molecule has 9 nitrogen and oxygen atoms in total. The van der Waals surface area contributed by atoms with Crippen molar-refractivity contribution in [1.82, 2.24) is 0 Å². The van der Waals surface area contributed by atoms with Crippen molar-refractivity contribution in [1.29, 1.82) is 0 Å². The zero-order valence-electron chi connectivity index (χ0n) is 23.6. The molecule has 2 aromatic carbocycles. The Morgan fingerprint density at radius 2 is 1.20 bits per heavy atom. The Kier molecular flexibility index (Phi) is 8.75. The maximum atomic E-state index is 13.1. The molecule has 9 heteroatoms. The number of methoxy groups -OCH3 is 1. The molecule has 0 amide bonds. The molecule has 0 spiro atoms. The summed E-state index contributed by atoms with van der Waals surface area (Å²) in [6.45, 7) is 7.97. The summed E-state index contributed by atoms with van der Waals surface area (Å²) in [4.78, 5) is 49.9. The van der Waals surface area contributed by atoms with Gasteiger partial charge in [-0.3, -0.25) is 4.79 Å². The van der Waals surface area contributed by atoms with E-state index in [2.05, 4.69) is 0 Å². The molecule has 40 heavy (non-hydrogen) atoms. The number of carbonyl (C=O) groups excluding carboxylic acids is 4. The normalized spacial score (nSPS) is 24.7. The van der Waals surface area contributed by atoms with Gasteiger partial charge >= 0.3 is 17.9 Å². The third-order valence-corrected chi connectivity index (χ3v) is 7.85. The minimum absolute atomic E-state index is 0.0136. The lowest BCUT2D eigenvalue weighted by Crippen LogP contribution is -2.69. The molecule has 5 rings (SSSR count). The van der Waals surface area contributed by atoms with Gasteiger partial charge in [-0.15, -0.1) is 0 Å². The average molecular weight is 553 g/mol. The largest absolute Gasteiger partial charge is 0.462 e. The van der Waals surface area contributed by atoms with E-state index < -0.39 is 41.3 Å². The Balaban J connectivity index is 1.44. The minimum Gasteiger partial charge on any atom is -0.462 e. The predicted octanol–water partition coefficient (Wildman–Crippen LogP) is 4.81. The van der Waals surface area contributed by atoms with Crippen LogP contribution in [0.25, 0.3) is 0 Å². The molecule has 2 saturated heterocycles. The van der Waals surface area contributed by atoms with Crippen LogP contribution in [0.3, 0.4) is 0 Å². The van der Waals surface area contributed by atoms with Gasteiger partial charge in [-0.25, -0.2) is 14.4 Å². The number of Topliss-reactive ketones (excluding diaryl/α,β-unsaturated/α-hetero) is 1. The topological polar surface area (TPSA) is 114 Å². The van der Waals surface area contributed by atoms with Crippen molar-refractivity contribution in [3.63, 3.8) is 0 Å². The lowest BCUT2D eigenvalue weighted by molar-refractivity contribution is -0.309. The second-order valence-electron chi connectivity index (χ2n) is 11.0. The summed E-state index contributed by atoms with van der Waals surface area (Å²) in [7, 11) is 1.58. The SMILES string of the molecule is COCCCOC(=O)c1ccc(C(=O)OC2CC3CC(OC(=O)c4ccc(C(C)=O)cc4)C2(C)OC3(C)C)cc1. The van der Waals surface area contributed by atoms with Gasteiger partial charge in [0.25, 0.3) is 0 Å². The van der Waals surface area contributed by atoms with Gasteiger partial charge in [-0.05, 0) is 82.9 Å². The summed E-state index contributed by atoms with van der Waals surface area (Å²) < 4.78 is 28.4. The van der Waals surface area contributed by atoms with Gasteiger partial charge in [0, 0.05) is 25.7 Å². The molecule has 2 aliphatic heterocycles. The van der Waals surface area contributed by atoms with Crippen molar-refractivity contribution in [3.8, 4) is 0 Å². The number of ketones is 1. The third-order valence-electron chi connectivity index (χ3n) is 7.85. The van der Waals surface area contributed by atoms with Crippen LogP contribution in [0.2, 0.25) is 0 Å². The van der Waals surface area contributed by atoms with Crippen LogP contribution >= 0.6 is 0 Å². The Morgan fingerprint density at radius 3 is 1.65 bits per heavy atom. The van der Waals surface area contributed by atoms with Crippen LogP contribution in [0.5, 0.6) is 0 Å². The molecule has 0 radical (unpaired) electrons. The summed E-state index contributed by atoms with van der Waals surface area (Å²) in [6.07, 6.45) is 0.413. The van der Waals surface area contributed by atoms with E-state index in [9.17, 15) is 19.2 Å². The molecular formula is C31H36O9. The average Bonchev–Trinajstić information content (AvgIpc) is 2.92. The molecule has 1 saturated carbocycles. The number of carbonyl (C=O) groups is 4. The van der Waals surface area contributed by atoms with E-state index in [0.717, 1.165) is 0 Å². The zero-order chi connectivity index (χ0) is 29.1. The van der Waals surface area contributed by atoms with Gasteiger partial charge in [0.1, 0.15) is 17.8 Å². The van der Waals surface area contributed by atoms with Gasteiger partial charge in [0.05, 0.1) is 28.9 Å². The smallest absolute Gasteiger partial charge is 0.338 e. The number of benzene rings is 2. The van der Waals surface area contributed by atoms with Crippen LogP contribution in [-0.4, -0.2) is 67.4 Å². The number of hydrogen-bond donors (Lipinski definition) is 0. The lowest BCUT2D eigenvalue weighted by atomic mass is 9.65. The monoisotopic (exact) mass is 552 g/mol. The summed E-state index contributed by atoms with van der Waals surface area (Å²) in [5, 5.41) is 0. The van der Waals surface area contributed by atoms with E-state index in [1.807, 2.05) is 20.8 Å². The quantitative estimate of drug-likeness (QED) is 0.177. The van der Waals surface area contributed by atoms with Crippen LogP contribution in [0.1, 0.15) is 88.4 Å². The second-order valence-corrected chi connectivity index (χ2v) is 11.0. The molecule has 0 N–H and O–H groups in total. The molecule has 4 unspecified atom stereocenters. The van der Waals surface area contributed by atoms with Crippen molar-refractivity contribution in [2.24, 2.45) is 5.92 Å². The summed E-state index contributed by atoms with van der Waals surface area (Å²) >= 11 is 0. The zero-order valence-corrected chi connectivity index (χ0v) is 23.6. The molecular weight excluding hydrogens is 516 g/mol. The molecule has 4 atom stereocenters. The highest BCUT2D eigenvalue weighted by atomic mass is 16.6. The number of rotatable bonds is 10. The van der Waals surface area contributed by atoms with E-state index in [1.54, 1.807) is 31.4 Å². The van der Waals surface area contributed by atoms with Crippen LogP contribution in [0.15, 0.2) is 48.5 Å². The predicted molar refractivity (Wildman–Crippen MR) is 144 cm³/mol. The van der Waals surface area contributed by atoms with Crippen LogP contribution in [-0.2, 0) is 23.7 Å². The Hall–Kier alpha value is -3.56. The first kappa shape index (κ1) is 29.4. The standard InChI is InChI=1S/C31H36O9/c1-19(32)20-7-9-22(10-8-20)28(34)38-25-17-24-18-26(31(25,4)40-30(24,2)3)39-29(35)23-13-11-21(12-14-23)27(33)37-16-6-15-36-5/h7-14,24-26H,6,15-18H2,1-5H3. The third kappa shape index (κ3) is 6.26. The van der Waals surface area contributed by atoms with Gasteiger partial charge < -0.3 is 23.7 Å². The van der Waals surface area contributed by atoms with Crippen molar-refractivity contribution >= 4 is 23.7 Å². The highest BCUT2D eigenvalue weighted by Crippen LogP contribution is 2.52. The fraction of sp³-hybridized carbons (Fsp3) is 0.484. The first-order chi connectivity index (χ1) is 18.9. The lowest BCUT2D eigenvalue weighted by Gasteiger charge is -2.59.